The quantitative estimate of drug-likeness (QED) is 0.815. The maximum atomic E-state index is 12.1. The Balaban J connectivity index is 2.13. The predicted molar refractivity (Wildman–Crippen MR) is 72.5 cm³/mol. The average Bonchev–Trinajstić information content (AvgIpc) is 2.28. The van der Waals surface area contributed by atoms with Crippen molar-refractivity contribution < 1.29 is 13.5 Å². The van der Waals surface area contributed by atoms with Gasteiger partial charge < -0.3 is 4.74 Å². The Morgan fingerprint density at radius 1 is 1.25 bits per heavy atom. The zero-order chi connectivity index (χ0) is 15.0. The van der Waals surface area contributed by atoms with E-state index in [0.29, 0.717) is 5.92 Å². The van der Waals surface area contributed by atoms with E-state index in [1.54, 1.807) is 12.1 Å². The lowest BCUT2D eigenvalue weighted by Crippen LogP contribution is -2.45. The van der Waals surface area contributed by atoms with Crippen LogP contribution in [0.3, 0.4) is 0 Å². The number of hydrogen-bond donors (Lipinski definition) is 0. The monoisotopic (exact) mass is 279 g/mol. The number of nitriles is 1. The van der Waals surface area contributed by atoms with Crippen LogP contribution in [0, 0.1) is 22.7 Å². The number of nitrogens with zero attached hydrogens (tertiary/aromatic N) is 1. The molecule has 1 fully saturated rings. The smallest absolute Gasteiger partial charge is 0.387 e. The van der Waals surface area contributed by atoms with E-state index < -0.39 is 12.0 Å². The summed E-state index contributed by atoms with van der Waals surface area (Å²) in [5, 5.41) is 9.49. The van der Waals surface area contributed by atoms with E-state index in [0.717, 1.165) is 18.4 Å². The minimum atomic E-state index is -2.82. The van der Waals surface area contributed by atoms with Gasteiger partial charge in [-0.1, -0.05) is 32.9 Å². The Morgan fingerprint density at radius 2 is 1.80 bits per heavy atom. The van der Waals surface area contributed by atoms with Gasteiger partial charge in [0.1, 0.15) is 5.75 Å². The van der Waals surface area contributed by atoms with E-state index >= 15 is 0 Å². The van der Waals surface area contributed by atoms with Gasteiger partial charge in [0, 0.05) is 0 Å². The zero-order valence-corrected chi connectivity index (χ0v) is 12.0. The molecule has 0 N–H and O–H groups in total. The fourth-order valence-corrected chi connectivity index (χ4v) is 2.74. The highest BCUT2D eigenvalue weighted by atomic mass is 19.3. The van der Waals surface area contributed by atoms with Crippen molar-refractivity contribution in [1.82, 2.24) is 0 Å². The van der Waals surface area contributed by atoms with Gasteiger partial charge in [-0.2, -0.15) is 14.0 Å². The van der Waals surface area contributed by atoms with E-state index in [4.69, 9.17) is 0 Å². The third kappa shape index (κ3) is 2.77. The van der Waals surface area contributed by atoms with E-state index in [-0.39, 0.29) is 11.2 Å². The molecule has 4 heteroatoms. The lowest BCUT2D eigenvalue weighted by atomic mass is 9.53. The van der Waals surface area contributed by atoms with E-state index in [2.05, 4.69) is 31.6 Å². The van der Waals surface area contributed by atoms with Gasteiger partial charge in [0.2, 0.25) is 0 Å². The van der Waals surface area contributed by atoms with Crippen LogP contribution >= 0.6 is 0 Å². The minimum absolute atomic E-state index is 0.128. The van der Waals surface area contributed by atoms with Crippen molar-refractivity contribution in [2.24, 2.45) is 11.3 Å². The van der Waals surface area contributed by atoms with Gasteiger partial charge in [0.05, 0.1) is 11.5 Å². The Kier molecular flexibility index (Phi) is 3.73. The van der Waals surface area contributed by atoms with Crippen LogP contribution in [0.2, 0.25) is 0 Å². The fourth-order valence-electron chi connectivity index (χ4n) is 2.74. The van der Waals surface area contributed by atoms with Gasteiger partial charge in [-0.15, -0.1) is 0 Å². The molecule has 1 aromatic carbocycles. The van der Waals surface area contributed by atoms with Crippen molar-refractivity contribution in [1.29, 1.82) is 5.26 Å². The SMILES string of the molecule is CC(C)(C)C1CC(C#N)(c2ccc(OC(F)F)cc2)C1. The standard InChI is InChI=1S/C16H19F2NO/c1-15(2,3)12-8-16(9-12,10-19)11-4-6-13(7-5-11)20-14(17)18/h4-7,12,14H,8-9H2,1-3H3. The third-order valence-electron chi connectivity index (χ3n) is 4.26. The molecule has 1 aliphatic rings. The first-order chi connectivity index (χ1) is 9.27. The van der Waals surface area contributed by atoms with Crippen LogP contribution < -0.4 is 4.74 Å². The Hall–Kier alpha value is -1.63. The Labute approximate surface area is 118 Å². The van der Waals surface area contributed by atoms with Crippen molar-refractivity contribution in [2.75, 3.05) is 0 Å². The first-order valence-electron chi connectivity index (χ1n) is 6.73. The minimum Gasteiger partial charge on any atom is -0.435 e. The molecule has 2 rings (SSSR count). The normalized spacial score (nSPS) is 25.9. The van der Waals surface area contributed by atoms with Crippen LogP contribution in [0.4, 0.5) is 8.78 Å². The fraction of sp³-hybridized carbons (Fsp3) is 0.562. The van der Waals surface area contributed by atoms with Crippen molar-refractivity contribution in [3.05, 3.63) is 29.8 Å². The van der Waals surface area contributed by atoms with Crippen LogP contribution in [0.25, 0.3) is 0 Å². The molecule has 1 aromatic rings. The van der Waals surface area contributed by atoms with Crippen molar-refractivity contribution in [3.63, 3.8) is 0 Å². The summed E-state index contributed by atoms with van der Waals surface area (Å²) < 4.78 is 28.5. The van der Waals surface area contributed by atoms with Crippen molar-refractivity contribution >= 4 is 0 Å². The molecular weight excluding hydrogens is 260 g/mol. The molecular formula is C16H19F2NO. The van der Waals surface area contributed by atoms with E-state index in [9.17, 15) is 14.0 Å². The second kappa shape index (κ2) is 5.05. The van der Waals surface area contributed by atoms with Crippen LogP contribution in [-0.4, -0.2) is 6.61 Å². The van der Waals surface area contributed by atoms with Gasteiger partial charge in [-0.05, 0) is 41.9 Å². The summed E-state index contributed by atoms with van der Waals surface area (Å²) in [6.07, 6.45) is 1.64. The Bertz CT molecular complexity index is 505. The highest BCUT2D eigenvalue weighted by Crippen LogP contribution is 2.54. The highest BCUT2D eigenvalue weighted by Gasteiger charge is 2.49. The summed E-state index contributed by atoms with van der Waals surface area (Å²) in [4.78, 5) is 0. The van der Waals surface area contributed by atoms with Gasteiger partial charge >= 0.3 is 6.61 Å². The molecule has 0 spiro atoms. The molecule has 0 heterocycles. The number of hydrogen-bond acceptors (Lipinski definition) is 2. The van der Waals surface area contributed by atoms with Crippen molar-refractivity contribution in [2.45, 2.75) is 45.6 Å². The summed E-state index contributed by atoms with van der Waals surface area (Å²) in [6.45, 7) is 3.72. The summed E-state index contributed by atoms with van der Waals surface area (Å²) in [5.41, 5.74) is 0.613. The first-order valence-corrected chi connectivity index (χ1v) is 6.73. The van der Waals surface area contributed by atoms with Gasteiger partial charge in [0.25, 0.3) is 0 Å². The molecule has 0 saturated heterocycles. The maximum Gasteiger partial charge on any atom is 0.387 e. The topological polar surface area (TPSA) is 33.0 Å². The molecule has 20 heavy (non-hydrogen) atoms. The molecule has 108 valence electrons. The number of rotatable bonds is 3. The van der Waals surface area contributed by atoms with E-state index in [1.165, 1.54) is 12.1 Å². The molecule has 1 aliphatic carbocycles. The molecule has 0 amide bonds. The number of alkyl halides is 2. The summed E-state index contributed by atoms with van der Waals surface area (Å²) in [7, 11) is 0. The molecule has 0 radical (unpaired) electrons. The predicted octanol–water partition coefficient (Wildman–Crippen LogP) is 4.51. The number of benzene rings is 1. The molecule has 0 aliphatic heterocycles. The maximum absolute atomic E-state index is 12.1. The molecule has 0 bridgehead atoms. The van der Waals surface area contributed by atoms with E-state index in [1.807, 2.05) is 0 Å². The molecule has 1 saturated carbocycles. The first kappa shape index (κ1) is 14.8. The zero-order valence-electron chi connectivity index (χ0n) is 12.0. The van der Waals surface area contributed by atoms with Gasteiger partial charge in [0.15, 0.2) is 0 Å². The van der Waals surface area contributed by atoms with Crippen molar-refractivity contribution in [3.8, 4) is 11.8 Å². The number of halogens is 2. The summed E-state index contributed by atoms with van der Waals surface area (Å²) >= 11 is 0. The van der Waals surface area contributed by atoms with Gasteiger partial charge in [-0.3, -0.25) is 0 Å². The highest BCUT2D eigenvalue weighted by molar-refractivity contribution is 5.39. The van der Waals surface area contributed by atoms with Crippen LogP contribution in [0.15, 0.2) is 24.3 Å². The largest absolute Gasteiger partial charge is 0.435 e. The second-order valence-corrected chi connectivity index (χ2v) is 6.57. The molecule has 0 atom stereocenters. The Morgan fingerprint density at radius 3 is 2.20 bits per heavy atom. The number of ether oxygens (including phenoxy) is 1. The lowest BCUT2D eigenvalue weighted by molar-refractivity contribution is -0.0498. The van der Waals surface area contributed by atoms with Gasteiger partial charge in [-0.25, -0.2) is 0 Å². The lowest BCUT2D eigenvalue weighted by Gasteiger charge is -2.49. The van der Waals surface area contributed by atoms with Crippen LogP contribution in [-0.2, 0) is 5.41 Å². The average molecular weight is 279 g/mol. The molecule has 0 aromatic heterocycles. The van der Waals surface area contributed by atoms with Crippen LogP contribution in [0.5, 0.6) is 5.75 Å². The molecule has 0 unspecified atom stereocenters. The third-order valence-corrected chi connectivity index (χ3v) is 4.26. The van der Waals surface area contributed by atoms with Crippen LogP contribution in [0.1, 0.15) is 39.2 Å². The second-order valence-electron chi connectivity index (χ2n) is 6.57. The summed E-state index contributed by atoms with van der Waals surface area (Å²) in [5.74, 6) is 0.641. The molecule has 2 nitrogen and oxygen atoms in total. The summed E-state index contributed by atoms with van der Waals surface area (Å²) in [6, 6.07) is 8.86.